The molecule has 6 heteroatoms. The molecule has 0 amide bonds. The molecule has 0 aliphatic rings. The number of rotatable bonds is 11. The van der Waals surface area contributed by atoms with Gasteiger partial charge in [0, 0.05) is 19.3 Å². The quantitative estimate of drug-likeness (QED) is 0.254. The summed E-state index contributed by atoms with van der Waals surface area (Å²) in [5.74, 6) is -0.805. The van der Waals surface area contributed by atoms with Gasteiger partial charge in [-0.05, 0) is 51.4 Å². The van der Waals surface area contributed by atoms with Gasteiger partial charge in [-0.25, -0.2) is 4.79 Å². The number of carbonyl (C=O) groups is 2. The van der Waals surface area contributed by atoms with E-state index in [0.717, 1.165) is 12.1 Å². The molecule has 0 aliphatic carbocycles. The zero-order chi connectivity index (χ0) is 16.3. The summed E-state index contributed by atoms with van der Waals surface area (Å²) >= 11 is 0. The maximum atomic E-state index is 11.4. The average molecular weight is 314 g/mol. The lowest BCUT2D eigenvalue weighted by molar-refractivity contribution is -0.138. The Kier molecular flexibility index (Phi) is 9.86. The first-order chi connectivity index (χ1) is 9.84. The highest BCUT2D eigenvalue weighted by Gasteiger charge is 2.29. The summed E-state index contributed by atoms with van der Waals surface area (Å²) in [6, 6.07) is 0.760. The third-order valence-electron chi connectivity index (χ3n) is 2.71. The van der Waals surface area contributed by atoms with Crippen LogP contribution < -0.4 is 0 Å². The number of hydrogen-bond donors (Lipinski definition) is 0. The molecule has 0 fully saturated rings. The van der Waals surface area contributed by atoms with Crippen molar-refractivity contribution in [2.24, 2.45) is 0 Å². The van der Waals surface area contributed by atoms with Crippen LogP contribution >= 0.6 is 0 Å². The third kappa shape index (κ3) is 9.33. The van der Waals surface area contributed by atoms with Gasteiger partial charge in [0.05, 0.1) is 6.61 Å². The van der Waals surface area contributed by atoms with Gasteiger partial charge in [0.25, 0.3) is 0 Å². The Hall–Kier alpha value is -1.24. The molecule has 0 aliphatic heterocycles. The fourth-order valence-electron chi connectivity index (χ4n) is 1.70. The predicted molar refractivity (Wildman–Crippen MR) is 84.2 cm³/mol. The molecule has 21 heavy (non-hydrogen) atoms. The van der Waals surface area contributed by atoms with Gasteiger partial charge in [-0.3, -0.25) is 4.79 Å². The van der Waals surface area contributed by atoms with E-state index in [1.54, 1.807) is 6.92 Å². The van der Waals surface area contributed by atoms with Crippen molar-refractivity contribution in [2.75, 3.05) is 19.8 Å². The maximum Gasteiger partial charge on any atom is 0.335 e. The summed E-state index contributed by atoms with van der Waals surface area (Å²) in [5.41, 5.74) is 0.384. The fourth-order valence-corrected chi connectivity index (χ4v) is 4.08. The molecule has 5 nitrogen and oxygen atoms in total. The summed E-state index contributed by atoms with van der Waals surface area (Å²) in [6.45, 7) is 12.5. The second-order valence-electron chi connectivity index (χ2n) is 4.75. The molecule has 0 aromatic rings. The molecule has 0 unspecified atom stereocenters. The molecule has 120 valence electrons. The van der Waals surface area contributed by atoms with E-state index >= 15 is 0 Å². The van der Waals surface area contributed by atoms with E-state index in [4.69, 9.17) is 13.6 Å². The molecular weight excluding hydrogens is 288 g/mol. The second kappa shape index (κ2) is 10.5. The molecule has 0 heterocycles. The van der Waals surface area contributed by atoms with Gasteiger partial charge in [0.1, 0.15) is 0 Å². The van der Waals surface area contributed by atoms with Crippen molar-refractivity contribution in [1.29, 1.82) is 0 Å². The number of ketones is 1. The normalized spacial score (nSPS) is 11.6. The summed E-state index contributed by atoms with van der Waals surface area (Å²) in [6.07, 6.45) is 2.97. The van der Waals surface area contributed by atoms with Crippen LogP contribution in [0.5, 0.6) is 0 Å². The van der Waals surface area contributed by atoms with Crippen LogP contribution in [0, 0.1) is 0 Å². The molecular formula is C15H26O5Si. The van der Waals surface area contributed by atoms with Crippen molar-refractivity contribution >= 4 is 20.3 Å². The molecule has 0 aromatic heterocycles. The Morgan fingerprint density at radius 2 is 1.71 bits per heavy atom. The van der Waals surface area contributed by atoms with E-state index in [9.17, 15) is 9.59 Å². The van der Waals surface area contributed by atoms with Gasteiger partial charge in [-0.1, -0.05) is 6.58 Å². The van der Waals surface area contributed by atoms with Gasteiger partial charge < -0.3 is 13.6 Å². The van der Waals surface area contributed by atoms with Gasteiger partial charge in [-0.15, -0.1) is 0 Å². The summed E-state index contributed by atoms with van der Waals surface area (Å²) in [5, 5.41) is 0. The lowest BCUT2D eigenvalue weighted by Crippen LogP contribution is -2.38. The van der Waals surface area contributed by atoms with Crippen molar-refractivity contribution in [1.82, 2.24) is 0 Å². The number of ether oxygens (including phenoxy) is 1. The SMILES string of the molecule is C=C(C)C(=O)C=CC(=O)OCCC[Si](C)(OCC)OCC. The molecule has 0 spiro atoms. The highest BCUT2D eigenvalue weighted by molar-refractivity contribution is 6.66. The Morgan fingerprint density at radius 1 is 1.14 bits per heavy atom. The Labute approximate surface area is 128 Å². The lowest BCUT2D eigenvalue weighted by Gasteiger charge is -2.25. The van der Waals surface area contributed by atoms with Crippen LogP contribution in [-0.4, -0.2) is 40.1 Å². The van der Waals surface area contributed by atoms with Crippen LogP contribution in [0.15, 0.2) is 24.3 Å². The smallest absolute Gasteiger partial charge is 0.335 e. The lowest BCUT2D eigenvalue weighted by atomic mass is 10.2. The highest BCUT2D eigenvalue weighted by Crippen LogP contribution is 2.15. The van der Waals surface area contributed by atoms with E-state index in [2.05, 4.69) is 6.58 Å². The van der Waals surface area contributed by atoms with E-state index in [0.29, 0.717) is 25.2 Å². The number of hydrogen-bond acceptors (Lipinski definition) is 5. The first kappa shape index (κ1) is 19.8. The molecule has 0 saturated heterocycles. The summed E-state index contributed by atoms with van der Waals surface area (Å²) in [7, 11) is -2.15. The minimum atomic E-state index is -2.15. The zero-order valence-corrected chi connectivity index (χ0v) is 14.4. The first-order valence-electron chi connectivity index (χ1n) is 7.17. The Bertz CT molecular complexity index is 384. The number of esters is 1. The van der Waals surface area contributed by atoms with Crippen LogP contribution in [0.25, 0.3) is 0 Å². The van der Waals surface area contributed by atoms with Crippen LogP contribution in [0.4, 0.5) is 0 Å². The topological polar surface area (TPSA) is 61.8 Å². The molecule has 0 radical (unpaired) electrons. The van der Waals surface area contributed by atoms with E-state index in [1.807, 2.05) is 20.4 Å². The van der Waals surface area contributed by atoms with Crippen LogP contribution in [-0.2, 0) is 23.2 Å². The standard InChI is InChI=1S/C15H26O5Si/c1-6-19-21(5,20-7-2)12-8-11-18-15(17)10-9-14(16)13(3)4/h9-10H,3,6-8,11-12H2,1-2,4-5H3. The molecule has 0 aromatic carbocycles. The van der Waals surface area contributed by atoms with Gasteiger partial charge in [0.2, 0.25) is 0 Å². The molecule has 0 saturated carbocycles. The minimum Gasteiger partial charge on any atom is -0.463 e. The van der Waals surface area contributed by atoms with Crippen LogP contribution in [0.2, 0.25) is 12.6 Å². The second-order valence-corrected chi connectivity index (χ2v) is 8.09. The molecule has 0 atom stereocenters. The van der Waals surface area contributed by atoms with Crippen molar-refractivity contribution < 1.29 is 23.2 Å². The van der Waals surface area contributed by atoms with Gasteiger partial charge >= 0.3 is 14.5 Å². The van der Waals surface area contributed by atoms with E-state index in [1.165, 1.54) is 6.08 Å². The van der Waals surface area contributed by atoms with Crippen molar-refractivity contribution in [2.45, 2.75) is 39.8 Å². The fraction of sp³-hybridized carbons (Fsp3) is 0.600. The van der Waals surface area contributed by atoms with E-state index < -0.39 is 14.5 Å². The minimum absolute atomic E-state index is 0.278. The van der Waals surface area contributed by atoms with Crippen molar-refractivity contribution in [3.63, 3.8) is 0 Å². The number of carbonyl (C=O) groups excluding carboxylic acids is 2. The average Bonchev–Trinajstić information content (AvgIpc) is 2.41. The summed E-state index contributed by atoms with van der Waals surface area (Å²) in [4.78, 5) is 22.6. The Morgan fingerprint density at radius 3 is 2.19 bits per heavy atom. The zero-order valence-electron chi connectivity index (χ0n) is 13.4. The molecule has 0 bridgehead atoms. The predicted octanol–water partition coefficient (Wildman–Crippen LogP) is 2.77. The molecule has 0 N–H and O–H groups in total. The van der Waals surface area contributed by atoms with Gasteiger partial charge in [-0.2, -0.15) is 0 Å². The molecule has 0 rings (SSSR count). The highest BCUT2D eigenvalue weighted by atomic mass is 28.4. The maximum absolute atomic E-state index is 11.4. The van der Waals surface area contributed by atoms with Crippen molar-refractivity contribution in [3.05, 3.63) is 24.3 Å². The first-order valence-corrected chi connectivity index (χ1v) is 9.69. The summed E-state index contributed by atoms with van der Waals surface area (Å²) < 4.78 is 16.4. The van der Waals surface area contributed by atoms with E-state index in [-0.39, 0.29) is 12.4 Å². The largest absolute Gasteiger partial charge is 0.463 e. The number of allylic oxidation sites excluding steroid dienone is 2. The Balaban J connectivity index is 4.05. The van der Waals surface area contributed by atoms with Crippen molar-refractivity contribution in [3.8, 4) is 0 Å². The monoisotopic (exact) mass is 314 g/mol. The van der Waals surface area contributed by atoms with Gasteiger partial charge in [0.15, 0.2) is 5.78 Å². The third-order valence-corrected chi connectivity index (χ3v) is 5.77. The van der Waals surface area contributed by atoms with Crippen LogP contribution in [0.3, 0.4) is 0 Å². The van der Waals surface area contributed by atoms with Crippen LogP contribution in [0.1, 0.15) is 27.2 Å².